The predicted molar refractivity (Wildman–Crippen MR) is 129 cm³/mol. The standard InChI is InChI=1S/C25H45FN6O/c26-21-4-3-5-22(15-21)29-25(33)28-16-23-14-19-7-9-32(23)18-20(19)17-30-10-12-31(13-11-30)24-6-1-2-8-27-24/h19-24,27H,1-18H2,(H2,28,29,33)/t19-,20+,21?,22?,23+,24?/m0/s1. The number of urea groups is 1. The Kier molecular flexibility index (Phi) is 8.06. The van der Waals surface area contributed by atoms with Crippen molar-refractivity contribution in [1.82, 2.24) is 30.7 Å². The van der Waals surface area contributed by atoms with Crippen molar-refractivity contribution in [2.75, 3.05) is 58.9 Å². The molecule has 33 heavy (non-hydrogen) atoms. The third kappa shape index (κ3) is 6.19. The van der Waals surface area contributed by atoms with Crippen LogP contribution in [0.1, 0.15) is 57.8 Å². The van der Waals surface area contributed by atoms with Gasteiger partial charge in [0.1, 0.15) is 6.17 Å². The Morgan fingerprint density at radius 2 is 1.82 bits per heavy atom. The van der Waals surface area contributed by atoms with E-state index < -0.39 is 6.17 Å². The molecule has 0 spiro atoms. The molecular formula is C25H45FN6O. The Bertz CT molecular complexity index is 638. The molecule has 2 amide bonds. The van der Waals surface area contributed by atoms with Gasteiger partial charge in [0, 0.05) is 57.9 Å². The zero-order valence-corrected chi connectivity index (χ0v) is 20.3. The van der Waals surface area contributed by atoms with Crippen molar-refractivity contribution < 1.29 is 9.18 Å². The molecule has 0 aromatic rings. The summed E-state index contributed by atoms with van der Waals surface area (Å²) >= 11 is 0. The average Bonchev–Trinajstić information content (AvgIpc) is 2.84. The fraction of sp³-hybridized carbons (Fsp3) is 0.960. The molecule has 2 bridgehead atoms. The van der Waals surface area contributed by atoms with Gasteiger partial charge in [-0.25, -0.2) is 9.18 Å². The van der Waals surface area contributed by atoms with Gasteiger partial charge in [0.15, 0.2) is 0 Å². The Labute approximate surface area is 199 Å². The number of amides is 2. The minimum atomic E-state index is -0.756. The van der Waals surface area contributed by atoms with E-state index in [-0.39, 0.29) is 12.1 Å². The molecule has 5 saturated heterocycles. The summed E-state index contributed by atoms with van der Waals surface area (Å²) in [5.41, 5.74) is 0. The van der Waals surface area contributed by atoms with Crippen molar-refractivity contribution in [3.63, 3.8) is 0 Å². The van der Waals surface area contributed by atoms with Crippen LogP contribution >= 0.6 is 0 Å². The van der Waals surface area contributed by atoms with Crippen LogP contribution in [0, 0.1) is 11.8 Å². The first-order chi connectivity index (χ1) is 16.1. The molecule has 5 heterocycles. The van der Waals surface area contributed by atoms with Crippen molar-refractivity contribution in [1.29, 1.82) is 0 Å². The molecule has 188 valence electrons. The second-order valence-corrected chi connectivity index (χ2v) is 11.3. The minimum absolute atomic E-state index is 0.00407. The van der Waals surface area contributed by atoms with Gasteiger partial charge < -0.3 is 20.9 Å². The molecule has 5 aliphatic heterocycles. The highest BCUT2D eigenvalue weighted by Crippen LogP contribution is 2.36. The van der Waals surface area contributed by atoms with Crippen LogP contribution < -0.4 is 16.0 Å². The number of hydrogen-bond acceptors (Lipinski definition) is 5. The largest absolute Gasteiger partial charge is 0.337 e. The van der Waals surface area contributed by atoms with Crippen LogP contribution in [-0.4, -0.2) is 104 Å². The van der Waals surface area contributed by atoms with Crippen LogP contribution in [0.5, 0.6) is 0 Å². The molecule has 7 nitrogen and oxygen atoms in total. The zero-order valence-electron chi connectivity index (χ0n) is 20.3. The van der Waals surface area contributed by atoms with Gasteiger partial charge in [-0.2, -0.15) is 0 Å². The summed E-state index contributed by atoms with van der Waals surface area (Å²) in [6.45, 7) is 10.3. The van der Waals surface area contributed by atoms with Crippen LogP contribution in [0.4, 0.5) is 9.18 Å². The lowest BCUT2D eigenvalue weighted by Crippen LogP contribution is -2.60. The lowest BCUT2D eigenvalue weighted by molar-refractivity contribution is -0.0205. The van der Waals surface area contributed by atoms with E-state index in [1.54, 1.807) is 0 Å². The number of carbonyl (C=O) groups excluding carboxylic acids is 1. The first-order valence-corrected chi connectivity index (χ1v) is 13.8. The maximum absolute atomic E-state index is 13.6. The van der Waals surface area contributed by atoms with Crippen molar-refractivity contribution in [2.45, 2.75) is 82.2 Å². The maximum atomic E-state index is 13.6. The molecule has 8 heteroatoms. The van der Waals surface area contributed by atoms with Crippen LogP contribution in [0.15, 0.2) is 0 Å². The highest BCUT2D eigenvalue weighted by atomic mass is 19.1. The highest BCUT2D eigenvalue weighted by molar-refractivity contribution is 5.74. The third-order valence-corrected chi connectivity index (χ3v) is 9.08. The molecule has 0 aromatic heterocycles. The Morgan fingerprint density at radius 1 is 0.939 bits per heavy atom. The first-order valence-electron chi connectivity index (χ1n) is 13.8. The van der Waals surface area contributed by atoms with Crippen LogP contribution in [0.3, 0.4) is 0 Å². The van der Waals surface area contributed by atoms with Gasteiger partial charge in [0.25, 0.3) is 0 Å². The number of nitrogens with one attached hydrogen (secondary N) is 3. The van der Waals surface area contributed by atoms with E-state index in [2.05, 4.69) is 30.7 Å². The number of alkyl halides is 1. The van der Waals surface area contributed by atoms with Crippen LogP contribution in [-0.2, 0) is 0 Å². The average molecular weight is 465 g/mol. The summed E-state index contributed by atoms with van der Waals surface area (Å²) in [5, 5.41) is 9.80. The van der Waals surface area contributed by atoms with Gasteiger partial charge >= 0.3 is 6.03 Å². The predicted octanol–water partition coefficient (Wildman–Crippen LogP) is 1.99. The van der Waals surface area contributed by atoms with Crippen LogP contribution in [0.2, 0.25) is 0 Å². The minimum Gasteiger partial charge on any atom is -0.337 e. The van der Waals surface area contributed by atoms with Gasteiger partial charge in [-0.05, 0) is 82.7 Å². The van der Waals surface area contributed by atoms with E-state index in [1.165, 1.54) is 84.5 Å². The van der Waals surface area contributed by atoms with E-state index in [1.807, 2.05) is 0 Å². The Balaban J connectivity index is 1.02. The number of nitrogens with zero attached hydrogens (tertiary/aromatic N) is 3. The topological polar surface area (TPSA) is 62.9 Å². The molecule has 7 atom stereocenters. The third-order valence-electron chi connectivity index (χ3n) is 9.08. The maximum Gasteiger partial charge on any atom is 0.315 e. The van der Waals surface area contributed by atoms with E-state index in [4.69, 9.17) is 0 Å². The Hall–Kier alpha value is -0.960. The summed E-state index contributed by atoms with van der Waals surface area (Å²) in [5.74, 6) is 1.56. The molecule has 4 unspecified atom stereocenters. The molecule has 6 fully saturated rings. The molecule has 6 aliphatic rings. The molecular weight excluding hydrogens is 419 g/mol. The number of piperazine rings is 1. The van der Waals surface area contributed by atoms with E-state index in [0.29, 0.717) is 31.6 Å². The number of halogens is 1. The molecule has 0 radical (unpaired) electrons. The number of rotatable bonds is 6. The van der Waals surface area contributed by atoms with Crippen molar-refractivity contribution in [3.8, 4) is 0 Å². The summed E-state index contributed by atoms with van der Waals surface area (Å²) in [6.07, 6.45) is 9.26. The number of fused-ring (bicyclic) bond motifs is 3. The SMILES string of the molecule is O=C(NC[C@H]1C[C@@H]2CCN1C[C@H]2CN1CCN(C2CCCCN2)CC1)NC1CCCC(F)C1. The van der Waals surface area contributed by atoms with Gasteiger partial charge in [-0.1, -0.05) is 0 Å². The normalized spacial score (nSPS) is 40.5. The quantitative estimate of drug-likeness (QED) is 0.561. The number of carbonyl (C=O) groups is 1. The fourth-order valence-corrected chi connectivity index (χ4v) is 7.11. The second-order valence-electron chi connectivity index (χ2n) is 11.3. The van der Waals surface area contributed by atoms with Gasteiger partial charge in [0.05, 0.1) is 6.17 Å². The van der Waals surface area contributed by atoms with Crippen molar-refractivity contribution in [3.05, 3.63) is 0 Å². The van der Waals surface area contributed by atoms with E-state index in [0.717, 1.165) is 24.7 Å². The summed E-state index contributed by atoms with van der Waals surface area (Å²) in [7, 11) is 0. The molecule has 3 N–H and O–H groups in total. The molecule has 0 aromatic carbocycles. The van der Waals surface area contributed by atoms with Crippen LogP contribution in [0.25, 0.3) is 0 Å². The Morgan fingerprint density at radius 3 is 2.55 bits per heavy atom. The van der Waals surface area contributed by atoms with Crippen molar-refractivity contribution in [2.24, 2.45) is 11.8 Å². The molecule has 6 rings (SSSR count). The zero-order chi connectivity index (χ0) is 22.6. The summed E-state index contributed by atoms with van der Waals surface area (Å²) < 4.78 is 13.6. The van der Waals surface area contributed by atoms with Gasteiger partial charge in [0.2, 0.25) is 0 Å². The lowest BCUT2D eigenvalue weighted by Gasteiger charge is -2.51. The monoisotopic (exact) mass is 464 g/mol. The molecule has 1 saturated carbocycles. The molecule has 1 aliphatic carbocycles. The van der Waals surface area contributed by atoms with Gasteiger partial charge in [-0.3, -0.25) is 9.80 Å². The highest BCUT2D eigenvalue weighted by Gasteiger charge is 2.41. The summed E-state index contributed by atoms with van der Waals surface area (Å²) in [4.78, 5) is 20.3. The van der Waals surface area contributed by atoms with Crippen molar-refractivity contribution >= 4 is 6.03 Å². The summed E-state index contributed by atoms with van der Waals surface area (Å²) in [6, 6.07) is 0.342. The fourth-order valence-electron chi connectivity index (χ4n) is 7.11. The van der Waals surface area contributed by atoms with E-state index >= 15 is 0 Å². The number of hydrogen-bond donors (Lipinski definition) is 3. The van der Waals surface area contributed by atoms with E-state index in [9.17, 15) is 9.18 Å². The van der Waals surface area contributed by atoms with Gasteiger partial charge in [-0.15, -0.1) is 0 Å². The first kappa shape index (κ1) is 23.8. The smallest absolute Gasteiger partial charge is 0.315 e. The second kappa shape index (κ2) is 11.2. The number of piperidine rings is 4. The lowest BCUT2D eigenvalue weighted by atomic mass is 9.75.